The zero-order chi connectivity index (χ0) is 15.5. The number of nitrogens with one attached hydrogen (secondary N) is 1. The van der Waals surface area contributed by atoms with E-state index in [4.69, 9.17) is 17.3 Å². The van der Waals surface area contributed by atoms with Crippen LogP contribution in [0.2, 0.25) is 5.02 Å². The van der Waals surface area contributed by atoms with Crippen molar-refractivity contribution in [2.45, 2.75) is 0 Å². The second kappa shape index (κ2) is 5.95. The molecule has 0 saturated carbocycles. The zero-order valence-electron chi connectivity index (χ0n) is 11.3. The molecule has 2 aromatic carbocycles. The first-order chi connectivity index (χ1) is 10.6. The zero-order valence-corrected chi connectivity index (χ0v) is 12.0. The number of nitrogens with zero attached hydrogens (tertiary/aromatic N) is 3. The standard InChI is InChI=1S/C15H11ClFN5/c16-10-6-4-9(5-7-10)13-14(15(18)22-20-13)21-19-12-3-1-2-11(17)8-12/h1-8,19H,(H2,18,21,22). The average Bonchev–Trinajstić information content (AvgIpc) is 2.87. The van der Waals surface area contributed by atoms with E-state index in [0.717, 1.165) is 5.56 Å². The molecular weight excluding hydrogens is 305 g/mol. The highest BCUT2D eigenvalue weighted by Gasteiger charge is 2.21. The maximum Gasteiger partial charge on any atom is 0.176 e. The smallest absolute Gasteiger partial charge is 0.176 e. The van der Waals surface area contributed by atoms with Crippen molar-refractivity contribution in [2.24, 2.45) is 21.0 Å². The summed E-state index contributed by atoms with van der Waals surface area (Å²) in [6.07, 6.45) is 0. The van der Waals surface area contributed by atoms with Crippen molar-refractivity contribution in [1.82, 2.24) is 0 Å². The van der Waals surface area contributed by atoms with Crippen molar-refractivity contribution in [3.05, 3.63) is 64.9 Å². The number of halogens is 2. The predicted octanol–water partition coefficient (Wildman–Crippen LogP) is 3.02. The van der Waals surface area contributed by atoms with Gasteiger partial charge in [0.2, 0.25) is 0 Å². The van der Waals surface area contributed by atoms with Gasteiger partial charge in [0.25, 0.3) is 0 Å². The second-order valence-electron chi connectivity index (χ2n) is 4.52. The van der Waals surface area contributed by atoms with E-state index in [-0.39, 0.29) is 11.7 Å². The molecule has 1 aliphatic rings. The lowest BCUT2D eigenvalue weighted by Crippen LogP contribution is -2.28. The van der Waals surface area contributed by atoms with Crippen LogP contribution in [0.4, 0.5) is 10.1 Å². The Morgan fingerprint density at radius 3 is 2.59 bits per heavy atom. The summed E-state index contributed by atoms with van der Waals surface area (Å²) in [5, 5.41) is 12.6. The number of rotatable bonds is 3. The van der Waals surface area contributed by atoms with E-state index in [1.807, 2.05) is 0 Å². The number of nitrogens with two attached hydrogens (primary N) is 1. The van der Waals surface area contributed by atoms with E-state index >= 15 is 0 Å². The summed E-state index contributed by atoms with van der Waals surface area (Å²) in [5.41, 5.74) is 10.8. The molecule has 2 aromatic rings. The first-order valence-corrected chi connectivity index (χ1v) is 6.78. The van der Waals surface area contributed by atoms with Crippen molar-refractivity contribution in [1.29, 1.82) is 0 Å². The Hall–Kier alpha value is -2.73. The first-order valence-electron chi connectivity index (χ1n) is 6.40. The molecule has 22 heavy (non-hydrogen) atoms. The monoisotopic (exact) mass is 315 g/mol. The Labute approximate surface area is 131 Å². The molecule has 7 heteroatoms. The van der Waals surface area contributed by atoms with Crippen molar-refractivity contribution in [3.63, 3.8) is 0 Å². The van der Waals surface area contributed by atoms with Crippen LogP contribution >= 0.6 is 11.6 Å². The molecule has 1 heterocycles. The van der Waals surface area contributed by atoms with Gasteiger partial charge in [-0.2, -0.15) is 5.10 Å². The number of hydrazone groups is 1. The van der Waals surface area contributed by atoms with Gasteiger partial charge in [0, 0.05) is 10.6 Å². The van der Waals surface area contributed by atoms with E-state index in [1.165, 1.54) is 12.1 Å². The number of hydrogen-bond donors (Lipinski definition) is 2. The summed E-state index contributed by atoms with van der Waals surface area (Å²) in [7, 11) is 0. The van der Waals surface area contributed by atoms with Gasteiger partial charge in [-0.05, 0) is 30.3 Å². The van der Waals surface area contributed by atoms with Gasteiger partial charge in [-0.15, -0.1) is 10.2 Å². The third-order valence-electron chi connectivity index (χ3n) is 2.96. The van der Waals surface area contributed by atoms with Crippen LogP contribution < -0.4 is 11.2 Å². The van der Waals surface area contributed by atoms with Gasteiger partial charge in [-0.3, -0.25) is 5.43 Å². The minimum atomic E-state index is -0.357. The SMILES string of the molecule is NC1=NN=C(c2ccc(Cl)cc2)/C1=N\Nc1cccc(F)c1. The number of benzene rings is 2. The second-order valence-corrected chi connectivity index (χ2v) is 4.96. The summed E-state index contributed by atoms with van der Waals surface area (Å²) >= 11 is 5.87. The Morgan fingerprint density at radius 1 is 1.09 bits per heavy atom. The maximum absolute atomic E-state index is 13.2. The van der Waals surface area contributed by atoms with E-state index in [2.05, 4.69) is 20.7 Å². The van der Waals surface area contributed by atoms with Crippen LogP contribution in [0.5, 0.6) is 0 Å². The number of anilines is 1. The molecule has 5 nitrogen and oxygen atoms in total. The van der Waals surface area contributed by atoms with Crippen molar-refractivity contribution < 1.29 is 4.39 Å². The number of hydrogen-bond acceptors (Lipinski definition) is 5. The summed E-state index contributed by atoms with van der Waals surface area (Å²) < 4.78 is 13.2. The van der Waals surface area contributed by atoms with Crippen molar-refractivity contribution in [2.75, 3.05) is 5.43 Å². The molecule has 0 unspecified atom stereocenters. The van der Waals surface area contributed by atoms with E-state index in [9.17, 15) is 4.39 Å². The van der Waals surface area contributed by atoms with Crippen molar-refractivity contribution >= 4 is 34.5 Å². The fraction of sp³-hybridized carbons (Fsp3) is 0. The molecule has 0 radical (unpaired) electrons. The highest BCUT2D eigenvalue weighted by Crippen LogP contribution is 2.14. The van der Waals surface area contributed by atoms with Gasteiger partial charge in [-0.1, -0.05) is 29.8 Å². The predicted molar refractivity (Wildman–Crippen MR) is 87.1 cm³/mol. The average molecular weight is 316 g/mol. The van der Waals surface area contributed by atoms with Gasteiger partial charge >= 0.3 is 0 Å². The van der Waals surface area contributed by atoms with Crippen LogP contribution in [0.1, 0.15) is 5.56 Å². The molecule has 0 aliphatic carbocycles. The number of amidine groups is 1. The van der Waals surface area contributed by atoms with Gasteiger partial charge in [0.1, 0.15) is 11.5 Å². The normalized spacial score (nSPS) is 15.6. The van der Waals surface area contributed by atoms with Gasteiger partial charge in [0.15, 0.2) is 11.5 Å². The molecule has 3 rings (SSSR count). The Balaban J connectivity index is 1.87. The lowest BCUT2D eigenvalue weighted by molar-refractivity contribution is 0.628. The van der Waals surface area contributed by atoms with Crippen LogP contribution in [0.15, 0.2) is 63.8 Å². The van der Waals surface area contributed by atoms with Crippen LogP contribution in [-0.2, 0) is 0 Å². The molecule has 0 aromatic heterocycles. The fourth-order valence-corrected chi connectivity index (χ4v) is 2.04. The largest absolute Gasteiger partial charge is 0.380 e. The quantitative estimate of drug-likeness (QED) is 0.854. The molecule has 0 amide bonds. The van der Waals surface area contributed by atoms with E-state index in [1.54, 1.807) is 36.4 Å². The van der Waals surface area contributed by atoms with Crippen LogP contribution in [0, 0.1) is 5.82 Å². The van der Waals surface area contributed by atoms with Gasteiger partial charge in [0.05, 0.1) is 5.69 Å². The van der Waals surface area contributed by atoms with E-state index in [0.29, 0.717) is 22.1 Å². The minimum Gasteiger partial charge on any atom is -0.380 e. The highest BCUT2D eigenvalue weighted by molar-refractivity contribution is 6.72. The molecular formula is C15H11ClFN5. The Kier molecular flexibility index (Phi) is 3.84. The molecule has 3 N–H and O–H groups in total. The minimum absolute atomic E-state index is 0.189. The third-order valence-corrected chi connectivity index (χ3v) is 3.22. The van der Waals surface area contributed by atoms with E-state index < -0.39 is 0 Å². The summed E-state index contributed by atoms with van der Waals surface area (Å²) in [4.78, 5) is 0. The molecule has 110 valence electrons. The van der Waals surface area contributed by atoms with Crippen LogP contribution in [0.25, 0.3) is 0 Å². The van der Waals surface area contributed by atoms with Crippen LogP contribution in [0.3, 0.4) is 0 Å². The Bertz CT molecular complexity index is 796. The molecule has 0 atom stereocenters. The lowest BCUT2D eigenvalue weighted by atomic mass is 10.1. The fourth-order valence-electron chi connectivity index (χ4n) is 1.91. The third kappa shape index (κ3) is 2.96. The van der Waals surface area contributed by atoms with Crippen molar-refractivity contribution in [3.8, 4) is 0 Å². The van der Waals surface area contributed by atoms with Crippen LogP contribution in [-0.4, -0.2) is 17.3 Å². The van der Waals surface area contributed by atoms with Gasteiger partial charge in [-0.25, -0.2) is 4.39 Å². The molecule has 0 spiro atoms. The molecule has 1 aliphatic heterocycles. The lowest BCUT2D eigenvalue weighted by Gasteiger charge is -2.05. The first kappa shape index (κ1) is 14.2. The molecule has 0 saturated heterocycles. The molecule has 0 fully saturated rings. The molecule has 0 bridgehead atoms. The van der Waals surface area contributed by atoms with Gasteiger partial charge < -0.3 is 5.73 Å². The summed E-state index contributed by atoms with van der Waals surface area (Å²) in [6.45, 7) is 0. The summed E-state index contributed by atoms with van der Waals surface area (Å²) in [5.74, 6) is -0.168. The Morgan fingerprint density at radius 2 is 1.86 bits per heavy atom. The highest BCUT2D eigenvalue weighted by atomic mass is 35.5. The topological polar surface area (TPSA) is 75.1 Å². The summed E-state index contributed by atoms with van der Waals surface area (Å²) in [6, 6.07) is 13.0. The maximum atomic E-state index is 13.2.